The second-order valence-electron chi connectivity index (χ2n) is 4.19. The molecule has 0 aromatic carbocycles. The Kier molecular flexibility index (Phi) is 3.07. The second-order valence-corrected chi connectivity index (χ2v) is 4.19. The molecule has 1 rings (SSSR count). The Morgan fingerprint density at radius 3 is 2.38 bits per heavy atom. The quantitative estimate of drug-likeness (QED) is 0.445. The molecule has 0 aromatic rings. The standard InChI is InChI=1S/C12H18O/c1-8(2)10-5-6-11(9(3)4)12(13)7-10/h10H,1,5-7H2,2-4H3/t10-/m0/s1. The van der Waals surface area contributed by atoms with Gasteiger partial charge in [-0.15, -0.1) is 0 Å². The molecular formula is C12H18O. The van der Waals surface area contributed by atoms with Gasteiger partial charge >= 0.3 is 0 Å². The molecule has 0 unspecified atom stereocenters. The van der Waals surface area contributed by atoms with Crippen molar-refractivity contribution < 1.29 is 4.79 Å². The van der Waals surface area contributed by atoms with Gasteiger partial charge in [0, 0.05) is 6.42 Å². The summed E-state index contributed by atoms with van der Waals surface area (Å²) in [6.07, 6.45) is 2.72. The third-order valence-electron chi connectivity index (χ3n) is 2.81. The maximum atomic E-state index is 11.7. The highest BCUT2D eigenvalue weighted by Gasteiger charge is 2.24. The number of rotatable bonds is 1. The van der Waals surface area contributed by atoms with E-state index in [4.69, 9.17) is 0 Å². The lowest BCUT2D eigenvalue weighted by atomic mass is 9.80. The van der Waals surface area contributed by atoms with E-state index in [0.29, 0.717) is 18.1 Å². The molecule has 0 aromatic heterocycles. The summed E-state index contributed by atoms with van der Waals surface area (Å²) >= 11 is 0. The fourth-order valence-electron chi connectivity index (χ4n) is 1.86. The summed E-state index contributed by atoms with van der Waals surface area (Å²) in [5.74, 6) is 0.759. The van der Waals surface area contributed by atoms with Crippen LogP contribution >= 0.6 is 0 Å². The molecule has 0 aliphatic heterocycles. The Morgan fingerprint density at radius 2 is 2.00 bits per heavy atom. The zero-order valence-electron chi connectivity index (χ0n) is 8.81. The van der Waals surface area contributed by atoms with E-state index in [1.165, 1.54) is 5.57 Å². The highest BCUT2D eigenvalue weighted by Crippen LogP contribution is 2.31. The van der Waals surface area contributed by atoms with Gasteiger partial charge in [0.25, 0.3) is 0 Å². The summed E-state index contributed by atoms with van der Waals surface area (Å²) < 4.78 is 0. The van der Waals surface area contributed by atoms with Crippen LogP contribution in [0.1, 0.15) is 40.0 Å². The van der Waals surface area contributed by atoms with E-state index in [9.17, 15) is 4.79 Å². The van der Waals surface area contributed by atoms with Gasteiger partial charge in [-0.05, 0) is 45.1 Å². The lowest BCUT2D eigenvalue weighted by Crippen LogP contribution is -2.18. The summed E-state index contributed by atoms with van der Waals surface area (Å²) in [6, 6.07) is 0. The molecule has 0 amide bonds. The van der Waals surface area contributed by atoms with Gasteiger partial charge in [0.05, 0.1) is 0 Å². The monoisotopic (exact) mass is 178 g/mol. The van der Waals surface area contributed by atoms with Crippen LogP contribution in [0.25, 0.3) is 0 Å². The van der Waals surface area contributed by atoms with E-state index in [-0.39, 0.29) is 0 Å². The molecule has 0 heterocycles. The molecule has 0 saturated heterocycles. The van der Waals surface area contributed by atoms with Crippen LogP contribution in [0.3, 0.4) is 0 Å². The highest BCUT2D eigenvalue weighted by molar-refractivity contribution is 5.97. The zero-order valence-corrected chi connectivity index (χ0v) is 8.81. The van der Waals surface area contributed by atoms with Crippen molar-refractivity contribution >= 4 is 5.78 Å². The van der Waals surface area contributed by atoms with Crippen molar-refractivity contribution in [3.63, 3.8) is 0 Å². The van der Waals surface area contributed by atoms with Gasteiger partial charge < -0.3 is 0 Å². The minimum Gasteiger partial charge on any atom is -0.295 e. The third-order valence-corrected chi connectivity index (χ3v) is 2.81. The van der Waals surface area contributed by atoms with E-state index < -0.39 is 0 Å². The number of hydrogen-bond acceptors (Lipinski definition) is 1. The second kappa shape index (κ2) is 3.91. The molecular weight excluding hydrogens is 160 g/mol. The van der Waals surface area contributed by atoms with Gasteiger partial charge in [-0.1, -0.05) is 17.7 Å². The van der Waals surface area contributed by atoms with Crippen LogP contribution in [0.5, 0.6) is 0 Å². The number of carbonyl (C=O) groups excluding carboxylic acids is 1. The molecule has 0 radical (unpaired) electrons. The van der Waals surface area contributed by atoms with Gasteiger partial charge in [0.1, 0.15) is 0 Å². The molecule has 0 N–H and O–H groups in total. The molecule has 1 nitrogen and oxygen atoms in total. The van der Waals surface area contributed by atoms with Crippen molar-refractivity contribution in [3.8, 4) is 0 Å². The molecule has 1 aliphatic carbocycles. The average Bonchev–Trinajstić information content (AvgIpc) is 2.03. The van der Waals surface area contributed by atoms with Crippen LogP contribution < -0.4 is 0 Å². The fourth-order valence-corrected chi connectivity index (χ4v) is 1.86. The van der Waals surface area contributed by atoms with Crippen molar-refractivity contribution in [2.45, 2.75) is 40.0 Å². The predicted octanol–water partition coefficient (Wildman–Crippen LogP) is 3.27. The van der Waals surface area contributed by atoms with Crippen LogP contribution in [0, 0.1) is 5.92 Å². The van der Waals surface area contributed by atoms with Crippen molar-refractivity contribution in [2.75, 3.05) is 0 Å². The molecule has 1 aliphatic rings. The Bertz CT molecular complexity index is 267. The van der Waals surface area contributed by atoms with Crippen LogP contribution in [-0.4, -0.2) is 5.78 Å². The lowest BCUT2D eigenvalue weighted by Gasteiger charge is -2.23. The number of hydrogen-bond donors (Lipinski definition) is 0. The summed E-state index contributed by atoms with van der Waals surface area (Å²) in [7, 11) is 0. The number of allylic oxidation sites excluding steroid dienone is 3. The first-order valence-corrected chi connectivity index (χ1v) is 4.87. The molecule has 0 spiro atoms. The Morgan fingerprint density at radius 1 is 1.38 bits per heavy atom. The normalized spacial score (nSPS) is 23.2. The molecule has 1 saturated carbocycles. The topological polar surface area (TPSA) is 17.1 Å². The van der Waals surface area contributed by atoms with Gasteiger partial charge in [-0.25, -0.2) is 0 Å². The van der Waals surface area contributed by atoms with Gasteiger partial charge in [0.2, 0.25) is 0 Å². The maximum Gasteiger partial charge on any atom is 0.159 e. The molecule has 13 heavy (non-hydrogen) atoms. The number of ketones is 1. The first-order chi connectivity index (χ1) is 6.02. The maximum absolute atomic E-state index is 11.7. The van der Waals surface area contributed by atoms with Crippen LogP contribution in [0.4, 0.5) is 0 Å². The molecule has 1 atom stereocenters. The van der Waals surface area contributed by atoms with Gasteiger partial charge in [0.15, 0.2) is 5.78 Å². The van der Waals surface area contributed by atoms with Crippen molar-refractivity contribution in [1.29, 1.82) is 0 Å². The van der Waals surface area contributed by atoms with E-state index in [1.54, 1.807) is 0 Å². The Labute approximate surface area is 80.5 Å². The first-order valence-electron chi connectivity index (χ1n) is 4.87. The fraction of sp³-hybridized carbons (Fsp3) is 0.583. The largest absolute Gasteiger partial charge is 0.295 e. The number of Topliss-reactive ketones (excluding diaryl/α,β-unsaturated/α-hetero) is 1. The molecule has 1 heteroatoms. The van der Waals surface area contributed by atoms with Gasteiger partial charge in [-0.3, -0.25) is 4.79 Å². The lowest BCUT2D eigenvalue weighted by molar-refractivity contribution is -0.117. The van der Waals surface area contributed by atoms with Crippen molar-refractivity contribution in [3.05, 3.63) is 23.3 Å². The van der Waals surface area contributed by atoms with Crippen LogP contribution in [0.15, 0.2) is 23.3 Å². The zero-order chi connectivity index (χ0) is 10.0. The first kappa shape index (κ1) is 10.2. The third kappa shape index (κ3) is 2.30. The minimum atomic E-state index is 0.333. The summed E-state index contributed by atoms with van der Waals surface area (Å²) in [5.41, 5.74) is 3.39. The van der Waals surface area contributed by atoms with E-state index in [1.807, 2.05) is 20.8 Å². The summed E-state index contributed by atoms with van der Waals surface area (Å²) in [6.45, 7) is 9.98. The molecule has 72 valence electrons. The van der Waals surface area contributed by atoms with E-state index >= 15 is 0 Å². The SMILES string of the molecule is C=C(C)[C@H]1CCC(=C(C)C)C(=O)C1. The van der Waals surface area contributed by atoms with Crippen molar-refractivity contribution in [1.82, 2.24) is 0 Å². The van der Waals surface area contributed by atoms with E-state index in [0.717, 1.165) is 24.0 Å². The Hall–Kier alpha value is -0.850. The molecule has 1 fully saturated rings. The van der Waals surface area contributed by atoms with Crippen molar-refractivity contribution in [2.24, 2.45) is 5.92 Å². The predicted molar refractivity (Wildman–Crippen MR) is 55.5 cm³/mol. The number of carbonyl (C=O) groups is 1. The summed E-state index contributed by atoms with van der Waals surface area (Å²) in [5, 5.41) is 0. The van der Waals surface area contributed by atoms with Gasteiger partial charge in [-0.2, -0.15) is 0 Å². The highest BCUT2D eigenvalue weighted by atomic mass is 16.1. The minimum absolute atomic E-state index is 0.333. The van der Waals surface area contributed by atoms with Crippen LogP contribution in [0.2, 0.25) is 0 Å². The smallest absolute Gasteiger partial charge is 0.159 e. The van der Waals surface area contributed by atoms with Crippen LogP contribution in [-0.2, 0) is 4.79 Å². The Balaban J connectivity index is 2.74. The summed E-state index contributed by atoms with van der Waals surface area (Å²) in [4.78, 5) is 11.7. The molecule has 0 bridgehead atoms. The van der Waals surface area contributed by atoms with E-state index in [2.05, 4.69) is 6.58 Å². The average molecular weight is 178 g/mol.